The highest BCUT2D eigenvalue weighted by Crippen LogP contribution is 2.27. The minimum Gasteiger partial charge on any atom is -0.354 e. The van der Waals surface area contributed by atoms with Crippen molar-refractivity contribution in [2.75, 3.05) is 30.5 Å². The number of hydrogen-bond acceptors (Lipinski definition) is 4. The highest BCUT2D eigenvalue weighted by atomic mass is 35.5. The lowest BCUT2D eigenvalue weighted by Crippen LogP contribution is -2.43. The van der Waals surface area contributed by atoms with E-state index >= 15 is 0 Å². The quantitative estimate of drug-likeness (QED) is 0.494. The number of nitrogens with one attached hydrogen (secondary N) is 1. The van der Waals surface area contributed by atoms with Crippen LogP contribution in [0.1, 0.15) is 39.0 Å². The van der Waals surface area contributed by atoms with Crippen LogP contribution in [0.15, 0.2) is 53.4 Å². The molecule has 0 aromatic heterocycles. The van der Waals surface area contributed by atoms with Crippen molar-refractivity contribution in [1.29, 1.82) is 0 Å². The fourth-order valence-corrected chi connectivity index (χ4v) is 5.80. The first-order chi connectivity index (χ1) is 15.8. The maximum absolute atomic E-state index is 13.7. The molecule has 1 atom stereocenters. The van der Waals surface area contributed by atoms with Gasteiger partial charge in [0.2, 0.25) is 5.91 Å². The summed E-state index contributed by atoms with van der Waals surface area (Å²) in [5, 5.41) is 2.61. The molecule has 1 saturated heterocycles. The first-order valence-corrected chi connectivity index (χ1v) is 13.2. The fraction of sp³-hybridized carbons (Fsp3) is 0.458. The number of halogens is 2. The Balaban J connectivity index is 1.67. The van der Waals surface area contributed by atoms with Gasteiger partial charge >= 0.3 is 0 Å². The van der Waals surface area contributed by atoms with E-state index in [1.807, 2.05) is 0 Å². The third-order valence-electron chi connectivity index (χ3n) is 5.97. The number of benzene rings is 2. The van der Waals surface area contributed by atoms with Gasteiger partial charge in [-0.2, -0.15) is 0 Å². The lowest BCUT2D eigenvalue weighted by molar-refractivity contribution is -0.119. The molecule has 0 saturated carbocycles. The van der Waals surface area contributed by atoms with Gasteiger partial charge in [-0.25, -0.2) is 12.8 Å². The Morgan fingerprint density at radius 1 is 1.21 bits per heavy atom. The summed E-state index contributed by atoms with van der Waals surface area (Å²) in [7, 11) is -4.05. The van der Waals surface area contributed by atoms with Crippen molar-refractivity contribution in [2.24, 2.45) is 0 Å². The zero-order valence-electron chi connectivity index (χ0n) is 18.8. The third-order valence-corrected chi connectivity index (χ3v) is 8.05. The van der Waals surface area contributed by atoms with Gasteiger partial charge in [0.25, 0.3) is 10.0 Å². The lowest BCUT2D eigenvalue weighted by Gasteiger charge is -2.35. The number of anilines is 1. The van der Waals surface area contributed by atoms with Crippen LogP contribution in [0, 0.1) is 5.82 Å². The number of hydrogen-bond donors (Lipinski definition) is 1. The van der Waals surface area contributed by atoms with E-state index in [4.69, 9.17) is 11.6 Å². The van der Waals surface area contributed by atoms with E-state index < -0.39 is 28.3 Å². The van der Waals surface area contributed by atoms with Crippen LogP contribution in [-0.2, 0) is 14.8 Å². The zero-order valence-corrected chi connectivity index (χ0v) is 20.4. The zero-order chi connectivity index (χ0) is 23.8. The molecule has 1 aliphatic rings. The number of carbonyl (C=O) groups excluding carboxylic acids is 1. The van der Waals surface area contributed by atoms with Crippen molar-refractivity contribution in [2.45, 2.75) is 50.0 Å². The van der Waals surface area contributed by atoms with Crippen LogP contribution in [0.25, 0.3) is 0 Å². The fourth-order valence-electron chi connectivity index (χ4n) is 4.19. The Kier molecular flexibility index (Phi) is 9.11. The smallest absolute Gasteiger partial charge is 0.264 e. The topological polar surface area (TPSA) is 69.7 Å². The second kappa shape index (κ2) is 11.8. The standard InChI is InChI=1S/C24H31ClFN3O3S/c1-2-19-9-6-7-15-28(19)16-8-14-27-24(30)18-29(20-12-13-23(26)22(25)17-20)33(31,32)21-10-4-3-5-11-21/h3-5,10-13,17,19H,2,6-9,14-16,18H2,1H3,(H,27,30). The molecule has 0 bridgehead atoms. The van der Waals surface area contributed by atoms with Crippen molar-refractivity contribution < 1.29 is 17.6 Å². The van der Waals surface area contributed by atoms with Crippen LogP contribution < -0.4 is 9.62 Å². The number of sulfonamides is 1. The molecule has 1 aliphatic heterocycles. The van der Waals surface area contributed by atoms with E-state index in [0.717, 1.165) is 36.3 Å². The molecule has 0 aliphatic carbocycles. The highest BCUT2D eigenvalue weighted by molar-refractivity contribution is 7.92. The second-order valence-electron chi connectivity index (χ2n) is 8.22. The summed E-state index contributed by atoms with van der Waals surface area (Å²) in [6.45, 7) is 4.21. The maximum Gasteiger partial charge on any atom is 0.264 e. The first-order valence-electron chi connectivity index (χ1n) is 11.4. The van der Waals surface area contributed by atoms with Crippen LogP contribution in [0.2, 0.25) is 5.02 Å². The van der Waals surface area contributed by atoms with Crippen LogP contribution in [-0.4, -0.2) is 51.4 Å². The number of carbonyl (C=O) groups is 1. The van der Waals surface area contributed by atoms with Crippen LogP contribution >= 0.6 is 11.6 Å². The Hall–Kier alpha value is -2.16. The molecule has 1 heterocycles. The van der Waals surface area contributed by atoms with Crippen molar-refractivity contribution >= 4 is 33.2 Å². The summed E-state index contributed by atoms with van der Waals surface area (Å²) in [5.41, 5.74) is 0.125. The number of rotatable bonds is 10. The summed E-state index contributed by atoms with van der Waals surface area (Å²) in [4.78, 5) is 15.2. The molecule has 1 unspecified atom stereocenters. The average Bonchev–Trinajstić information content (AvgIpc) is 2.83. The van der Waals surface area contributed by atoms with Gasteiger partial charge in [-0.05, 0) is 62.6 Å². The van der Waals surface area contributed by atoms with Crippen LogP contribution in [0.4, 0.5) is 10.1 Å². The number of piperidine rings is 1. The van der Waals surface area contributed by atoms with Gasteiger partial charge in [-0.15, -0.1) is 0 Å². The predicted octanol–water partition coefficient (Wildman–Crippen LogP) is 4.45. The minimum atomic E-state index is -4.05. The molecule has 3 rings (SSSR count). The lowest BCUT2D eigenvalue weighted by atomic mass is 10.00. The summed E-state index contributed by atoms with van der Waals surface area (Å²) in [5.74, 6) is -1.09. The molecular formula is C24H31ClFN3O3S. The third kappa shape index (κ3) is 6.68. The second-order valence-corrected chi connectivity index (χ2v) is 10.5. The van der Waals surface area contributed by atoms with Gasteiger partial charge in [0.15, 0.2) is 0 Å². The molecule has 1 N–H and O–H groups in total. The van der Waals surface area contributed by atoms with Crippen molar-refractivity contribution in [3.05, 3.63) is 59.4 Å². The molecule has 1 fully saturated rings. The van der Waals surface area contributed by atoms with E-state index in [2.05, 4.69) is 17.1 Å². The number of amides is 1. The van der Waals surface area contributed by atoms with Gasteiger partial charge in [0.1, 0.15) is 12.4 Å². The molecule has 0 spiro atoms. The van der Waals surface area contributed by atoms with E-state index in [-0.39, 0.29) is 15.6 Å². The van der Waals surface area contributed by atoms with Crippen LogP contribution in [0.3, 0.4) is 0 Å². The van der Waals surface area contributed by atoms with Gasteiger partial charge in [-0.3, -0.25) is 9.10 Å². The predicted molar refractivity (Wildman–Crippen MR) is 130 cm³/mol. The van der Waals surface area contributed by atoms with Gasteiger partial charge in [-0.1, -0.05) is 43.1 Å². The average molecular weight is 496 g/mol. The van der Waals surface area contributed by atoms with E-state index in [1.54, 1.807) is 18.2 Å². The maximum atomic E-state index is 13.7. The molecular weight excluding hydrogens is 465 g/mol. The SMILES string of the molecule is CCC1CCCCN1CCCNC(=O)CN(c1ccc(F)c(Cl)c1)S(=O)(=O)c1ccccc1. The van der Waals surface area contributed by atoms with Crippen molar-refractivity contribution in [1.82, 2.24) is 10.2 Å². The van der Waals surface area contributed by atoms with Crippen LogP contribution in [0.5, 0.6) is 0 Å². The Labute approximate surface area is 200 Å². The molecule has 6 nitrogen and oxygen atoms in total. The number of nitrogens with zero attached hydrogens (tertiary/aromatic N) is 2. The minimum absolute atomic E-state index is 0.0361. The number of likely N-dealkylation sites (tertiary alicyclic amines) is 1. The summed E-state index contributed by atoms with van der Waals surface area (Å²) in [6, 6.07) is 12.0. The Bertz CT molecular complexity index is 1040. The first kappa shape index (κ1) is 25.5. The van der Waals surface area contributed by atoms with E-state index in [1.165, 1.54) is 43.5 Å². The molecule has 2 aromatic rings. The summed E-state index contributed by atoms with van der Waals surface area (Å²) < 4.78 is 41.2. The Morgan fingerprint density at radius 3 is 2.67 bits per heavy atom. The largest absolute Gasteiger partial charge is 0.354 e. The monoisotopic (exact) mass is 495 g/mol. The van der Waals surface area contributed by atoms with Gasteiger partial charge in [0, 0.05) is 19.1 Å². The summed E-state index contributed by atoms with van der Waals surface area (Å²) in [6.07, 6.45) is 5.60. The molecule has 9 heteroatoms. The van der Waals surface area contributed by atoms with E-state index in [9.17, 15) is 17.6 Å². The molecule has 33 heavy (non-hydrogen) atoms. The van der Waals surface area contributed by atoms with E-state index in [0.29, 0.717) is 12.6 Å². The van der Waals surface area contributed by atoms with Crippen molar-refractivity contribution in [3.8, 4) is 0 Å². The Morgan fingerprint density at radius 2 is 1.97 bits per heavy atom. The molecule has 1 amide bonds. The van der Waals surface area contributed by atoms with Gasteiger partial charge in [0.05, 0.1) is 15.6 Å². The molecule has 2 aromatic carbocycles. The van der Waals surface area contributed by atoms with Gasteiger partial charge < -0.3 is 10.2 Å². The molecule has 0 radical (unpaired) electrons. The van der Waals surface area contributed by atoms with Crippen molar-refractivity contribution in [3.63, 3.8) is 0 Å². The normalized spacial score (nSPS) is 17.0. The summed E-state index contributed by atoms with van der Waals surface area (Å²) >= 11 is 5.89. The molecule has 180 valence electrons. The highest BCUT2D eigenvalue weighted by Gasteiger charge is 2.27.